The molecule has 1 heterocycles. The molecule has 0 aromatic rings. The van der Waals surface area contributed by atoms with Gasteiger partial charge in [-0.05, 0) is 18.8 Å². The molecule has 176 valence electrons. The largest absolute Gasteiger partial charge is 0.456 e. The topological polar surface area (TPSA) is 194 Å². The Bertz CT molecular complexity index is 534. The fourth-order valence-corrected chi connectivity index (χ4v) is 2.41. The lowest BCUT2D eigenvalue weighted by Crippen LogP contribution is -2.65. The molecular weight excluding hydrogens is 398 g/mol. The van der Waals surface area contributed by atoms with E-state index in [0.29, 0.717) is 12.8 Å². The minimum atomic E-state index is -1.54. The fourth-order valence-electron chi connectivity index (χ4n) is 2.41. The van der Waals surface area contributed by atoms with E-state index in [4.69, 9.17) is 20.9 Å². The molecule has 0 bridgehead atoms. The van der Waals surface area contributed by atoms with E-state index in [1.165, 1.54) is 0 Å². The summed E-state index contributed by atoms with van der Waals surface area (Å²) in [7, 11) is 0. The van der Waals surface area contributed by atoms with Crippen molar-refractivity contribution in [3.8, 4) is 0 Å². The van der Waals surface area contributed by atoms with Gasteiger partial charge in [-0.2, -0.15) is 0 Å². The van der Waals surface area contributed by atoms with E-state index in [9.17, 15) is 29.7 Å². The third-order valence-electron chi connectivity index (χ3n) is 4.60. The van der Waals surface area contributed by atoms with Crippen LogP contribution < -0.4 is 16.8 Å². The first-order valence-corrected chi connectivity index (χ1v) is 10.1. The summed E-state index contributed by atoms with van der Waals surface area (Å²) in [5.41, 5.74) is 10.8. The van der Waals surface area contributed by atoms with Gasteiger partial charge in [0, 0.05) is 6.42 Å². The van der Waals surface area contributed by atoms with Crippen molar-refractivity contribution in [2.24, 2.45) is 17.4 Å². The zero-order chi connectivity index (χ0) is 23.4. The molecule has 0 aromatic carbocycles. The van der Waals surface area contributed by atoms with Crippen LogP contribution in [0, 0.1) is 5.92 Å². The highest BCUT2D eigenvalue weighted by atomic mass is 16.6. The fraction of sp³-hybridized carbons (Fsp3) is 0.842. The first kappa shape index (κ1) is 28.4. The minimum Gasteiger partial charge on any atom is -0.456 e. The highest BCUT2D eigenvalue weighted by molar-refractivity contribution is 5.77. The van der Waals surface area contributed by atoms with Crippen molar-refractivity contribution in [2.75, 3.05) is 6.61 Å². The van der Waals surface area contributed by atoms with Crippen LogP contribution in [-0.2, 0) is 23.9 Å². The quantitative estimate of drug-likeness (QED) is 0.177. The van der Waals surface area contributed by atoms with Crippen LogP contribution in [0.3, 0.4) is 0 Å². The number of aliphatic hydroxyl groups is 3. The Morgan fingerprint density at radius 3 is 2.23 bits per heavy atom. The molecule has 0 aliphatic carbocycles. The molecule has 1 amide bonds. The van der Waals surface area contributed by atoms with Crippen LogP contribution in [0.4, 0.5) is 0 Å². The van der Waals surface area contributed by atoms with E-state index in [-0.39, 0.29) is 24.3 Å². The number of esters is 1. The van der Waals surface area contributed by atoms with Gasteiger partial charge < -0.3 is 46.4 Å². The number of carbonyl (C=O) groups excluding carboxylic acids is 3. The number of hydrogen-bond donors (Lipinski definition) is 6. The molecule has 0 saturated carbocycles. The smallest absolute Gasteiger partial charge is 0.323 e. The average molecular weight is 436 g/mol. The van der Waals surface area contributed by atoms with E-state index in [0.717, 1.165) is 6.29 Å². The summed E-state index contributed by atoms with van der Waals surface area (Å²) in [5.74, 6) is -0.870. The van der Waals surface area contributed by atoms with Gasteiger partial charge in [-0.3, -0.25) is 9.59 Å². The van der Waals surface area contributed by atoms with Crippen LogP contribution in [0.25, 0.3) is 0 Å². The Kier molecular flexibility index (Phi) is 13.6. The van der Waals surface area contributed by atoms with Crippen molar-refractivity contribution >= 4 is 18.2 Å². The Hall–Kier alpha value is -1.63. The highest BCUT2D eigenvalue weighted by Crippen LogP contribution is 2.23. The zero-order valence-electron chi connectivity index (χ0n) is 18.1. The maximum Gasteiger partial charge on any atom is 0.323 e. The van der Waals surface area contributed by atoms with E-state index >= 15 is 0 Å². The van der Waals surface area contributed by atoms with Gasteiger partial charge in [0.1, 0.15) is 30.6 Å². The van der Waals surface area contributed by atoms with E-state index in [1.54, 1.807) is 6.92 Å². The molecule has 0 spiro atoms. The maximum atomic E-state index is 11.9. The molecule has 1 aliphatic rings. The lowest BCUT2D eigenvalue weighted by molar-refractivity contribution is -0.259. The Labute approximate surface area is 177 Å². The van der Waals surface area contributed by atoms with E-state index in [1.807, 2.05) is 20.8 Å². The first-order chi connectivity index (χ1) is 14.0. The molecule has 30 heavy (non-hydrogen) atoms. The van der Waals surface area contributed by atoms with Crippen LogP contribution in [0.1, 0.15) is 47.0 Å². The number of ether oxygens (including phenoxy) is 2. The summed E-state index contributed by atoms with van der Waals surface area (Å²) in [5, 5.41) is 31.9. The third kappa shape index (κ3) is 9.02. The van der Waals surface area contributed by atoms with Crippen LogP contribution in [0.15, 0.2) is 0 Å². The van der Waals surface area contributed by atoms with Crippen molar-refractivity contribution in [3.05, 3.63) is 0 Å². The van der Waals surface area contributed by atoms with Gasteiger partial charge in [0.05, 0.1) is 12.6 Å². The second kappa shape index (κ2) is 14.4. The van der Waals surface area contributed by atoms with Gasteiger partial charge in [0.25, 0.3) is 0 Å². The molecule has 11 nitrogen and oxygen atoms in total. The predicted octanol–water partition coefficient (Wildman–Crippen LogP) is -1.84. The molecule has 1 unspecified atom stereocenters. The van der Waals surface area contributed by atoms with Crippen molar-refractivity contribution in [3.63, 3.8) is 0 Å². The molecule has 1 fully saturated rings. The number of rotatable bonds is 9. The number of aliphatic hydroxyl groups excluding tert-OH is 3. The highest BCUT2D eigenvalue weighted by Gasteiger charge is 2.47. The van der Waals surface area contributed by atoms with Gasteiger partial charge in [0.15, 0.2) is 12.4 Å². The summed E-state index contributed by atoms with van der Waals surface area (Å²) in [6, 6.07) is -2.32. The molecule has 0 aromatic heterocycles. The van der Waals surface area contributed by atoms with Crippen molar-refractivity contribution < 1.29 is 39.2 Å². The lowest BCUT2D eigenvalue weighted by atomic mass is 9.96. The third-order valence-corrected chi connectivity index (χ3v) is 4.60. The predicted molar refractivity (Wildman–Crippen MR) is 108 cm³/mol. The van der Waals surface area contributed by atoms with Gasteiger partial charge in [0.2, 0.25) is 5.91 Å². The van der Waals surface area contributed by atoms with Crippen LogP contribution in [0.2, 0.25) is 0 Å². The number of carbonyl (C=O) groups is 3. The molecule has 0 radical (unpaired) electrons. The summed E-state index contributed by atoms with van der Waals surface area (Å²) < 4.78 is 10.2. The van der Waals surface area contributed by atoms with E-state index < -0.39 is 49.3 Å². The monoisotopic (exact) mass is 435 g/mol. The molecule has 1 rings (SSSR count). The number of amides is 1. The maximum absolute atomic E-state index is 11.9. The number of nitrogens with one attached hydrogen (secondary N) is 1. The van der Waals surface area contributed by atoms with E-state index in [2.05, 4.69) is 5.32 Å². The molecule has 8 N–H and O–H groups in total. The van der Waals surface area contributed by atoms with Gasteiger partial charge in [-0.25, -0.2) is 0 Å². The molecule has 7 atom stereocenters. The van der Waals surface area contributed by atoms with Gasteiger partial charge >= 0.3 is 5.97 Å². The molecular formula is C19H37N3O8. The number of nitrogens with two attached hydrogens (primary N) is 2. The molecule has 11 heteroatoms. The summed E-state index contributed by atoms with van der Waals surface area (Å²) >= 11 is 0. The van der Waals surface area contributed by atoms with Crippen molar-refractivity contribution in [1.29, 1.82) is 0 Å². The summed E-state index contributed by atoms with van der Waals surface area (Å²) in [4.78, 5) is 33.5. The SMILES string of the molecule is CC(C)[C@H](N)C=O.CCCC(=O)N[C@H]1C(O)O[C@H](CO)[C@@H](O)[C@@H]1OC(=O)[C@@H](N)CC. The number of hydrogen-bond acceptors (Lipinski definition) is 10. The van der Waals surface area contributed by atoms with Gasteiger partial charge in [-0.1, -0.05) is 27.7 Å². The zero-order valence-corrected chi connectivity index (χ0v) is 18.1. The first-order valence-electron chi connectivity index (χ1n) is 10.1. The van der Waals surface area contributed by atoms with Crippen LogP contribution in [-0.4, -0.2) is 82.8 Å². The van der Waals surface area contributed by atoms with Gasteiger partial charge in [-0.15, -0.1) is 0 Å². The van der Waals surface area contributed by atoms with Crippen LogP contribution >= 0.6 is 0 Å². The average Bonchev–Trinajstić information content (AvgIpc) is 2.71. The second-order valence-electron chi connectivity index (χ2n) is 7.46. The van der Waals surface area contributed by atoms with Crippen LogP contribution in [0.5, 0.6) is 0 Å². The van der Waals surface area contributed by atoms with Crippen molar-refractivity contribution in [2.45, 2.75) is 89.7 Å². The lowest BCUT2D eigenvalue weighted by Gasteiger charge is -2.42. The normalized spacial score (nSPS) is 28.0. The standard InChI is InChI=1S/C14H26N2O7.C5H11NO/c1-3-5-9(18)16-10-12(23-13(20)7(15)4-2)11(19)8(6-17)22-14(10)21;1-4(2)5(6)3-7/h7-8,10-12,14,17,19,21H,3-6,15H2,1-2H3,(H,16,18);3-5H,6H2,1-2H3/t7-,8+,10+,11+,12+,14?;5-/m01/s1. The Morgan fingerprint density at radius 1 is 1.23 bits per heavy atom. The summed E-state index contributed by atoms with van der Waals surface area (Å²) in [6.45, 7) is 6.75. The molecule has 1 aliphatic heterocycles. The second-order valence-corrected chi connectivity index (χ2v) is 7.46. The Balaban J connectivity index is 0.00000103. The summed E-state index contributed by atoms with van der Waals surface area (Å²) in [6.07, 6.45) is -3.47. The minimum absolute atomic E-state index is 0.206. The van der Waals surface area contributed by atoms with Crippen molar-refractivity contribution in [1.82, 2.24) is 5.32 Å². The number of aldehydes is 1. The Morgan fingerprint density at radius 2 is 1.83 bits per heavy atom. The molecule has 1 saturated heterocycles.